The summed E-state index contributed by atoms with van der Waals surface area (Å²) in [5.41, 5.74) is 3.33. The van der Waals surface area contributed by atoms with Gasteiger partial charge in [-0.2, -0.15) is 4.31 Å². The van der Waals surface area contributed by atoms with Crippen molar-refractivity contribution in [1.29, 1.82) is 0 Å². The maximum absolute atomic E-state index is 15.6. The maximum atomic E-state index is 15.6. The average molecular weight is 931 g/mol. The van der Waals surface area contributed by atoms with Gasteiger partial charge in [-0.15, -0.1) is 6.58 Å². The number of aliphatic hydroxyl groups is 2. The van der Waals surface area contributed by atoms with Gasteiger partial charge in [0.05, 0.1) is 40.8 Å². The van der Waals surface area contributed by atoms with Gasteiger partial charge in [-0.3, -0.25) is 15.1 Å². The molecule has 2 N–H and O–H groups in total. The van der Waals surface area contributed by atoms with E-state index in [1.165, 1.54) is 16.4 Å². The van der Waals surface area contributed by atoms with Gasteiger partial charge in [0.1, 0.15) is 28.8 Å². The monoisotopic (exact) mass is 930 g/mol. The van der Waals surface area contributed by atoms with Crippen LogP contribution in [0.25, 0.3) is 10.9 Å². The zero-order valence-electron chi connectivity index (χ0n) is 37.7. The molecule has 352 valence electrons. The first-order valence-corrected chi connectivity index (χ1v) is 24.6. The number of unbranched alkanes of at least 4 members (excludes halogenated alkanes) is 2. The van der Waals surface area contributed by atoms with E-state index in [9.17, 15) is 20.3 Å². The summed E-state index contributed by atoms with van der Waals surface area (Å²) in [7, 11) is -4.35. The smallest absolute Gasteiger partial charge is 0.273 e. The molecule has 67 heavy (non-hydrogen) atoms. The Kier molecular flexibility index (Phi) is 15.1. The van der Waals surface area contributed by atoms with Crippen LogP contribution in [0.5, 0.6) is 17.2 Å². The van der Waals surface area contributed by atoms with E-state index in [0.29, 0.717) is 60.2 Å². The van der Waals surface area contributed by atoms with Gasteiger partial charge in [-0.1, -0.05) is 91.7 Å². The molecule has 2 aliphatic carbocycles. The Bertz CT molecular complexity index is 2710. The molecule has 0 radical (unpaired) electrons. The average Bonchev–Trinajstić information content (AvgIpc) is 3.34. The molecule has 0 saturated heterocycles. The van der Waals surface area contributed by atoms with Gasteiger partial charge in [-0.05, 0) is 91.5 Å². The van der Waals surface area contributed by atoms with E-state index in [-0.39, 0.29) is 67.6 Å². The second-order valence-corrected chi connectivity index (χ2v) is 19.2. The Balaban J connectivity index is 1.36. The normalized spacial score (nSPS) is 22.7. The number of sulfonamides is 1. The minimum Gasteiger partial charge on any atom is -0.460 e. The van der Waals surface area contributed by atoms with Crippen LogP contribution in [0.15, 0.2) is 144 Å². The third kappa shape index (κ3) is 9.88. The lowest BCUT2D eigenvalue weighted by atomic mass is 9.55. The number of nitro benzene ring substituents is 1. The summed E-state index contributed by atoms with van der Waals surface area (Å²) in [6.07, 6.45) is 10.1. The number of nitro groups is 1. The fraction of sp³-hybridized carbons (Fsp3) is 0.385. The van der Waals surface area contributed by atoms with Crippen LogP contribution in [0.1, 0.15) is 75.3 Å². The van der Waals surface area contributed by atoms with Crippen molar-refractivity contribution in [2.24, 2.45) is 22.9 Å². The largest absolute Gasteiger partial charge is 0.460 e. The van der Waals surface area contributed by atoms with Gasteiger partial charge in [0.15, 0.2) is 0 Å². The number of fused-ring (bicyclic) bond motifs is 3. The standard InChI is InChI=1S/C52H58N4O10S/c1-3-27-55(67(61,62)47-23-12-18-37-19-14-26-53-51(37)47)48-34-45(54-64-35-36-15-6-5-7-16-36)43-31-38(17-8-10-28-57)42(22-9-11-29-58)49-44-33-41(65-40-21-13-20-39(32-40)56(59)60)24-25-46(44)66-52(48,50(43)49)63-30-4-2/h4-7,12-16,18-21,23-26,31-33,38,42,48-50,57-58H,2-3,8-11,17,22,27-30,34-35H2,1H3. The molecular weight excluding hydrogens is 873 g/mol. The quantitative estimate of drug-likeness (QED) is 0.0292. The van der Waals surface area contributed by atoms with Crippen LogP contribution in [-0.4, -0.2) is 76.7 Å². The number of pyridine rings is 1. The molecule has 6 unspecified atom stereocenters. The van der Waals surface area contributed by atoms with E-state index in [2.05, 4.69) is 17.6 Å². The van der Waals surface area contributed by atoms with Crippen molar-refractivity contribution in [3.8, 4) is 17.2 Å². The molecule has 2 heterocycles. The van der Waals surface area contributed by atoms with E-state index in [4.69, 9.17) is 24.2 Å². The van der Waals surface area contributed by atoms with Crippen LogP contribution >= 0.6 is 0 Å². The van der Waals surface area contributed by atoms with Crippen molar-refractivity contribution in [2.45, 2.75) is 87.5 Å². The fourth-order valence-corrected chi connectivity index (χ4v) is 12.2. The van der Waals surface area contributed by atoms with Crippen molar-refractivity contribution in [3.05, 3.63) is 155 Å². The molecule has 14 nitrogen and oxygen atoms in total. The van der Waals surface area contributed by atoms with E-state index >= 15 is 8.42 Å². The van der Waals surface area contributed by atoms with Crippen LogP contribution in [0.3, 0.4) is 0 Å². The summed E-state index contributed by atoms with van der Waals surface area (Å²) in [6, 6.07) is 28.9. The predicted octanol–water partition coefficient (Wildman–Crippen LogP) is 9.87. The molecule has 0 bridgehead atoms. The van der Waals surface area contributed by atoms with Gasteiger partial charge >= 0.3 is 0 Å². The van der Waals surface area contributed by atoms with Crippen LogP contribution < -0.4 is 9.47 Å². The number of para-hydroxylation sites is 1. The molecular formula is C52H58N4O10S. The molecule has 5 aromatic rings. The Morgan fingerprint density at radius 1 is 0.955 bits per heavy atom. The fourth-order valence-electron chi connectivity index (χ4n) is 10.3. The van der Waals surface area contributed by atoms with Gasteiger partial charge in [0.2, 0.25) is 15.8 Å². The van der Waals surface area contributed by atoms with Crippen molar-refractivity contribution in [1.82, 2.24) is 9.29 Å². The molecule has 0 amide bonds. The number of ether oxygens (including phenoxy) is 3. The number of benzene rings is 4. The van der Waals surface area contributed by atoms with E-state index in [1.807, 2.05) is 55.5 Å². The highest BCUT2D eigenvalue weighted by molar-refractivity contribution is 7.89. The molecule has 6 atom stereocenters. The number of hydrogen-bond donors (Lipinski definition) is 2. The summed E-state index contributed by atoms with van der Waals surface area (Å²) in [4.78, 5) is 22.1. The second-order valence-electron chi connectivity index (χ2n) is 17.3. The van der Waals surface area contributed by atoms with Crippen LogP contribution in [-0.2, 0) is 26.2 Å². The van der Waals surface area contributed by atoms with Crippen LogP contribution in [0.4, 0.5) is 5.69 Å². The molecule has 4 aromatic carbocycles. The Morgan fingerprint density at radius 3 is 2.48 bits per heavy atom. The van der Waals surface area contributed by atoms with Crippen molar-refractivity contribution in [3.63, 3.8) is 0 Å². The van der Waals surface area contributed by atoms with Gasteiger partial charge in [0, 0.05) is 55.3 Å². The third-order valence-corrected chi connectivity index (χ3v) is 15.1. The van der Waals surface area contributed by atoms with E-state index in [1.54, 1.807) is 54.7 Å². The zero-order chi connectivity index (χ0) is 47.0. The Hall–Kier alpha value is -5.97. The number of aliphatic hydroxyl groups excluding tert-OH is 2. The molecule has 1 fully saturated rings. The number of aromatic nitrogens is 1. The lowest BCUT2D eigenvalue weighted by Gasteiger charge is -2.59. The molecule has 15 heteroatoms. The first kappa shape index (κ1) is 47.5. The number of non-ortho nitro benzene ring substituents is 1. The van der Waals surface area contributed by atoms with Crippen molar-refractivity contribution >= 4 is 32.3 Å². The van der Waals surface area contributed by atoms with E-state index < -0.39 is 38.6 Å². The highest BCUT2D eigenvalue weighted by Gasteiger charge is 2.66. The number of rotatable bonds is 22. The van der Waals surface area contributed by atoms with Gasteiger partial charge in [-0.25, -0.2) is 8.42 Å². The second kappa shape index (κ2) is 21.3. The Morgan fingerprint density at radius 2 is 1.72 bits per heavy atom. The minimum absolute atomic E-state index is 0.0227. The first-order valence-electron chi connectivity index (χ1n) is 23.2. The zero-order valence-corrected chi connectivity index (χ0v) is 38.5. The SMILES string of the molecule is C=CCOC12Oc3ccc(Oc4cccc([N+](=O)[O-])c4)cc3C3C(CCCCO)C(CCCCO)C=C(C(=NOCc4ccccc4)CC1N(CCC)S(=O)(=O)c1cccc4cccnc14)C32. The Labute approximate surface area is 391 Å². The number of allylic oxidation sites excluding steroid dienone is 1. The first-order chi connectivity index (χ1) is 32.6. The lowest BCUT2D eigenvalue weighted by Crippen LogP contribution is -2.70. The molecule has 1 saturated carbocycles. The third-order valence-electron chi connectivity index (χ3n) is 13.1. The molecule has 3 aliphatic rings. The molecule has 1 aliphatic heterocycles. The topological polar surface area (TPSA) is 183 Å². The number of hydrogen-bond acceptors (Lipinski definition) is 12. The van der Waals surface area contributed by atoms with Gasteiger partial charge in [0.25, 0.3) is 5.69 Å². The predicted molar refractivity (Wildman–Crippen MR) is 255 cm³/mol. The van der Waals surface area contributed by atoms with Gasteiger partial charge < -0.3 is 29.3 Å². The molecule has 8 rings (SSSR count). The summed E-state index contributed by atoms with van der Waals surface area (Å²) in [6.45, 7) is 6.34. The van der Waals surface area contributed by atoms with Crippen molar-refractivity contribution in [2.75, 3.05) is 26.4 Å². The van der Waals surface area contributed by atoms with Crippen molar-refractivity contribution < 1.29 is 42.6 Å². The summed E-state index contributed by atoms with van der Waals surface area (Å²) in [5.74, 6) is -1.66. The molecule has 0 spiro atoms. The number of oxime groups is 1. The maximum Gasteiger partial charge on any atom is 0.273 e. The molecule has 1 aromatic heterocycles. The van der Waals surface area contributed by atoms with E-state index in [0.717, 1.165) is 29.5 Å². The number of nitrogens with zero attached hydrogens (tertiary/aromatic N) is 4. The lowest BCUT2D eigenvalue weighted by molar-refractivity contribution is -0.384. The summed E-state index contributed by atoms with van der Waals surface area (Å²) in [5, 5.41) is 37.3. The minimum atomic E-state index is -4.35. The van der Waals surface area contributed by atoms with Crippen LogP contribution in [0.2, 0.25) is 0 Å². The highest BCUT2D eigenvalue weighted by atomic mass is 32.2. The summed E-state index contributed by atoms with van der Waals surface area (Å²) < 4.78 is 53.6. The highest BCUT2D eigenvalue weighted by Crippen LogP contribution is 2.62. The summed E-state index contributed by atoms with van der Waals surface area (Å²) >= 11 is 0. The van der Waals surface area contributed by atoms with Crippen LogP contribution in [0, 0.1) is 27.9 Å².